The Balaban J connectivity index is 0.000000396. The van der Waals surface area contributed by atoms with E-state index < -0.39 is 0 Å². The van der Waals surface area contributed by atoms with Gasteiger partial charge in [-0.2, -0.15) is 0 Å². The molecule has 4 atom stereocenters. The second-order valence-corrected chi connectivity index (χ2v) is 5.55. The number of aliphatic hydroxyl groups excluding tert-OH is 1. The van der Waals surface area contributed by atoms with Crippen LogP contribution in [0.1, 0.15) is 66.2 Å². The van der Waals surface area contributed by atoms with Crippen LogP contribution < -0.4 is 0 Å². The van der Waals surface area contributed by atoms with Gasteiger partial charge in [-0.1, -0.05) is 39.7 Å². The summed E-state index contributed by atoms with van der Waals surface area (Å²) in [5.41, 5.74) is 0. The molecule has 0 bridgehead atoms. The van der Waals surface area contributed by atoms with Crippen molar-refractivity contribution in [3.05, 3.63) is 12.3 Å². The molecule has 2 heteroatoms. The van der Waals surface area contributed by atoms with Gasteiger partial charge >= 0.3 is 0 Å². The van der Waals surface area contributed by atoms with Crippen molar-refractivity contribution in [1.82, 2.24) is 0 Å². The molecule has 0 amide bonds. The Labute approximate surface area is 120 Å². The summed E-state index contributed by atoms with van der Waals surface area (Å²) in [7, 11) is 1.62. The largest absolute Gasteiger partial charge is 0.505 e. The van der Waals surface area contributed by atoms with E-state index in [0.29, 0.717) is 5.92 Å². The fraction of sp³-hybridized carbons (Fsp3) is 0.882. The van der Waals surface area contributed by atoms with E-state index in [4.69, 9.17) is 0 Å². The quantitative estimate of drug-likeness (QED) is 0.695. The number of aliphatic hydroxyl groups is 1. The van der Waals surface area contributed by atoms with E-state index >= 15 is 0 Å². The molecule has 2 saturated carbocycles. The average Bonchev–Trinajstić information content (AvgIpc) is 2.44. The lowest BCUT2D eigenvalue weighted by molar-refractivity contribution is -0.00215. The number of hydrogen-bond donors (Lipinski definition) is 1. The van der Waals surface area contributed by atoms with Crippen molar-refractivity contribution < 1.29 is 9.84 Å². The van der Waals surface area contributed by atoms with Crippen LogP contribution in [-0.2, 0) is 4.74 Å². The number of allylic oxidation sites excluding steroid dienone is 1. The fourth-order valence-corrected chi connectivity index (χ4v) is 3.26. The lowest BCUT2D eigenvalue weighted by Gasteiger charge is -2.41. The summed E-state index contributed by atoms with van der Waals surface area (Å²) >= 11 is 0. The summed E-state index contributed by atoms with van der Waals surface area (Å²) in [6.45, 7) is 8.24. The molecule has 0 aliphatic heterocycles. The van der Waals surface area contributed by atoms with Crippen molar-refractivity contribution in [3.8, 4) is 0 Å². The number of rotatable bonds is 1. The van der Waals surface area contributed by atoms with E-state index in [1.165, 1.54) is 32.1 Å². The summed E-state index contributed by atoms with van der Waals surface area (Å²) in [5, 5.41) is 9.82. The number of hydrogen-bond acceptors (Lipinski definition) is 2. The van der Waals surface area contributed by atoms with E-state index in [1.54, 1.807) is 13.4 Å². The summed E-state index contributed by atoms with van der Waals surface area (Å²) in [4.78, 5) is 0. The van der Waals surface area contributed by atoms with Gasteiger partial charge in [0, 0.05) is 0 Å². The molecule has 0 aromatic heterocycles. The van der Waals surface area contributed by atoms with Gasteiger partial charge in [0.15, 0.2) is 0 Å². The first-order chi connectivity index (χ1) is 9.19. The van der Waals surface area contributed by atoms with Gasteiger partial charge in [0.1, 0.15) is 0 Å². The van der Waals surface area contributed by atoms with Crippen molar-refractivity contribution >= 4 is 0 Å². The van der Waals surface area contributed by atoms with Crippen molar-refractivity contribution in [1.29, 1.82) is 0 Å². The highest BCUT2D eigenvalue weighted by atomic mass is 16.5. The molecule has 2 rings (SSSR count). The third kappa shape index (κ3) is 7.00. The summed E-state index contributed by atoms with van der Waals surface area (Å²) in [5.74, 6) is 2.38. The third-order valence-electron chi connectivity index (χ3n) is 4.15. The van der Waals surface area contributed by atoms with Crippen molar-refractivity contribution in [2.24, 2.45) is 17.8 Å². The Morgan fingerprint density at radius 3 is 2.32 bits per heavy atom. The Bertz CT molecular complexity index is 225. The van der Waals surface area contributed by atoms with Crippen molar-refractivity contribution in [2.45, 2.75) is 72.3 Å². The maximum absolute atomic E-state index is 9.82. The smallest absolute Gasteiger partial charge is 0.0781 e. The summed E-state index contributed by atoms with van der Waals surface area (Å²) in [6, 6.07) is 0. The number of fused-ring (bicyclic) bond motifs is 1. The maximum atomic E-state index is 9.82. The molecule has 114 valence electrons. The standard InChI is InChI=1S/C11H20O.C4H8O.C2H6/c1-8-5-6-9-3-2-4-11(12)10(9)7-8;1-3-4-5-2;1-2/h8-12H,2-7H2,1H3;3-4H,1-2H3;1-2H3/b;4-3-;/t8-,9+,10-,11+;;/m1../s1. The molecule has 2 aliphatic carbocycles. The first-order valence-electron chi connectivity index (χ1n) is 8.01. The lowest BCUT2D eigenvalue weighted by Crippen LogP contribution is -2.36. The summed E-state index contributed by atoms with van der Waals surface area (Å²) in [6.07, 6.45) is 11.3. The SMILES string of the molecule is C/C=C\OC.CC.C[C@@H]1CC[C@@H]2CCC[C@H](O)[C@@H]2C1. The van der Waals surface area contributed by atoms with Crippen LogP contribution in [0.15, 0.2) is 12.3 Å². The lowest BCUT2D eigenvalue weighted by atomic mass is 9.67. The third-order valence-corrected chi connectivity index (χ3v) is 4.15. The first kappa shape index (κ1) is 18.5. The molecule has 1 N–H and O–H groups in total. The molecule has 19 heavy (non-hydrogen) atoms. The molecule has 0 radical (unpaired) electrons. The van der Waals surface area contributed by atoms with E-state index in [0.717, 1.165) is 18.3 Å². The van der Waals surface area contributed by atoms with Crippen molar-refractivity contribution in [3.63, 3.8) is 0 Å². The Morgan fingerprint density at radius 1 is 1.11 bits per heavy atom. The highest BCUT2D eigenvalue weighted by Crippen LogP contribution is 2.42. The van der Waals surface area contributed by atoms with Crippen LogP contribution in [-0.4, -0.2) is 18.3 Å². The molecule has 2 nitrogen and oxygen atoms in total. The molecule has 0 heterocycles. The van der Waals surface area contributed by atoms with Crippen LogP contribution in [0.5, 0.6) is 0 Å². The number of methoxy groups -OCH3 is 1. The molecule has 2 aliphatic rings. The normalized spacial score (nSPS) is 33.4. The zero-order chi connectivity index (χ0) is 14.7. The van der Waals surface area contributed by atoms with Crippen LogP contribution in [0.4, 0.5) is 0 Å². The van der Waals surface area contributed by atoms with Crippen LogP contribution in [0, 0.1) is 17.8 Å². The van der Waals surface area contributed by atoms with Crippen molar-refractivity contribution in [2.75, 3.05) is 7.11 Å². The zero-order valence-corrected chi connectivity index (χ0v) is 13.6. The molecule has 0 unspecified atom stereocenters. The van der Waals surface area contributed by atoms with Gasteiger partial charge in [0.05, 0.1) is 19.5 Å². The minimum atomic E-state index is 0.0338. The van der Waals surface area contributed by atoms with Gasteiger partial charge in [0.2, 0.25) is 0 Å². The Morgan fingerprint density at radius 2 is 1.79 bits per heavy atom. The van der Waals surface area contributed by atoms with Gasteiger partial charge in [-0.3, -0.25) is 0 Å². The van der Waals surface area contributed by atoms with Crippen LogP contribution in [0.2, 0.25) is 0 Å². The molecule has 2 fully saturated rings. The molecule has 0 aromatic rings. The predicted molar refractivity (Wildman–Crippen MR) is 83.0 cm³/mol. The predicted octanol–water partition coefficient (Wildman–Crippen LogP) is 4.78. The van der Waals surface area contributed by atoms with Crippen LogP contribution >= 0.6 is 0 Å². The van der Waals surface area contributed by atoms with Crippen LogP contribution in [0.3, 0.4) is 0 Å². The minimum absolute atomic E-state index is 0.0338. The molecular formula is C17H34O2. The fourth-order valence-electron chi connectivity index (χ4n) is 3.26. The highest BCUT2D eigenvalue weighted by Gasteiger charge is 2.35. The molecule has 0 spiro atoms. The molecule has 0 saturated heterocycles. The number of ether oxygens (including phenoxy) is 1. The maximum Gasteiger partial charge on any atom is 0.0781 e. The second-order valence-electron chi connectivity index (χ2n) is 5.55. The topological polar surface area (TPSA) is 29.5 Å². The summed E-state index contributed by atoms with van der Waals surface area (Å²) < 4.78 is 4.51. The van der Waals surface area contributed by atoms with E-state index in [-0.39, 0.29) is 6.10 Å². The average molecular weight is 270 g/mol. The van der Waals surface area contributed by atoms with Gasteiger partial charge in [0.25, 0.3) is 0 Å². The van der Waals surface area contributed by atoms with Crippen LogP contribution in [0.25, 0.3) is 0 Å². The van der Waals surface area contributed by atoms with E-state index in [1.807, 2.05) is 26.8 Å². The Hall–Kier alpha value is -0.500. The van der Waals surface area contributed by atoms with E-state index in [9.17, 15) is 5.11 Å². The van der Waals surface area contributed by atoms with E-state index in [2.05, 4.69) is 11.7 Å². The second kappa shape index (κ2) is 11.3. The van der Waals surface area contributed by atoms with Gasteiger partial charge < -0.3 is 9.84 Å². The molecular weight excluding hydrogens is 236 g/mol. The van der Waals surface area contributed by atoms with Gasteiger partial charge in [-0.05, 0) is 50.4 Å². The monoisotopic (exact) mass is 270 g/mol. The highest BCUT2D eigenvalue weighted by molar-refractivity contribution is 4.86. The Kier molecular flexibility index (Phi) is 11.0. The van der Waals surface area contributed by atoms with Gasteiger partial charge in [-0.25, -0.2) is 0 Å². The molecule has 0 aromatic carbocycles. The minimum Gasteiger partial charge on any atom is -0.505 e. The van der Waals surface area contributed by atoms with Gasteiger partial charge in [-0.15, -0.1) is 0 Å². The first-order valence-corrected chi connectivity index (χ1v) is 8.01. The zero-order valence-electron chi connectivity index (χ0n) is 13.6.